The van der Waals surface area contributed by atoms with E-state index in [2.05, 4.69) is 25.1 Å². The Morgan fingerprint density at radius 3 is 2.52 bits per heavy atom. The zero-order valence-electron chi connectivity index (χ0n) is 15.9. The molecule has 0 aromatic carbocycles. The van der Waals surface area contributed by atoms with Gasteiger partial charge in [-0.25, -0.2) is 9.97 Å². The zero-order chi connectivity index (χ0) is 18.8. The largest absolute Gasteiger partial charge is 0.354 e. The van der Waals surface area contributed by atoms with Gasteiger partial charge in [-0.3, -0.25) is 14.7 Å². The van der Waals surface area contributed by atoms with Gasteiger partial charge in [0.2, 0.25) is 5.91 Å². The monoisotopic (exact) mass is 366 g/mol. The van der Waals surface area contributed by atoms with Crippen molar-refractivity contribution in [3.05, 3.63) is 36.3 Å². The smallest absolute Gasteiger partial charge is 0.237 e. The van der Waals surface area contributed by atoms with Crippen LogP contribution in [-0.2, 0) is 4.79 Å². The highest BCUT2D eigenvalue weighted by atomic mass is 16.2. The molecule has 27 heavy (non-hydrogen) atoms. The van der Waals surface area contributed by atoms with Gasteiger partial charge in [-0.2, -0.15) is 0 Å². The van der Waals surface area contributed by atoms with Crippen molar-refractivity contribution in [1.82, 2.24) is 25.2 Å². The second kappa shape index (κ2) is 7.60. The van der Waals surface area contributed by atoms with E-state index in [4.69, 9.17) is 4.98 Å². The Kier molecular flexibility index (Phi) is 5.03. The van der Waals surface area contributed by atoms with Crippen LogP contribution < -0.4 is 10.2 Å². The lowest BCUT2D eigenvalue weighted by Crippen LogP contribution is -2.54. The maximum atomic E-state index is 12.3. The molecular weight excluding hydrogens is 340 g/mol. The van der Waals surface area contributed by atoms with E-state index < -0.39 is 0 Å². The van der Waals surface area contributed by atoms with Crippen LogP contribution in [0, 0.1) is 6.92 Å². The summed E-state index contributed by atoms with van der Waals surface area (Å²) in [4.78, 5) is 30.2. The van der Waals surface area contributed by atoms with E-state index in [1.54, 1.807) is 12.4 Å². The summed E-state index contributed by atoms with van der Waals surface area (Å²) in [6.07, 6.45) is 5.76. The first-order valence-corrected chi connectivity index (χ1v) is 9.65. The molecule has 2 aliphatic rings. The van der Waals surface area contributed by atoms with Gasteiger partial charge in [-0.05, 0) is 38.8 Å². The number of aryl methyl sites for hydroxylation is 1. The van der Waals surface area contributed by atoms with Crippen LogP contribution in [0.4, 0.5) is 5.82 Å². The molecule has 0 bridgehead atoms. The minimum Gasteiger partial charge on any atom is -0.354 e. The SMILES string of the molecule is Cc1cc(N2CCN(C(C)C(=O)NC3CC3)CC2)nc(-c2ccncc2)n1. The fourth-order valence-electron chi connectivity index (χ4n) is 3.40. The minimum atomic E-state index is -0.0766. The highest BCUT2D eigenvalue weighted by molar-refractivity contribution is 5.81. The predicted molar refractivity (Wildman–Crippen MR) is 104 cm³/mol. The molecule has 1 unspecified atom stereocenters. The van der Waals surface area contributed by atoms with Crippen molar-refractivity contribution in [2.45, 2.75) is 38.8 Å². The molecule has 1 aliphatic carbocycles. The van der Waals surface area contributed by atoms with Gasteiger partial charge in [0.15, 0.2) is 5.82 Å². The van der Waals surface area contributed by atoms with Gasteiger partial charge < -0.3 is 10.2 Å². The summed E-state index contributed by atoms with van der Waals surface area (Å²) in [5, 5.41) is 3.11. The fourth-order valence-corrected chi connectivity index (χ4v) is 3.40. The summed E-state index contributed by atoms with van der Waals surface area (Å²) < 4.78 is 0. The highest BCUT2D eigenvalue weighted by Gasteiger charge is 2.30. The summed E-state index contributed by atoms with van der Waals surface area (Å²) in [7, 11) is 0. The Morgan fingerprint density at radius 1 is 1.15 bits per heavy atom. The number of pyridine rings is 1. The third-order valence-electron chi connectivity index (χ3n) is 5.27. The molecule has 142 valence electrons. The average molecular weight is 366 g/mol. The van der Waals surface area contributed by atoms with Crippen molar-refractivity contribution < 1.29 is 4.79 Å². The molecule has 7 nitrogen and oxygen atoms in total. The van der Waals surface area contributed by atoms with E-state index in [1.807, 2.05) is 32.0 Å². The Labute approximate surface area is 159 Å². The zero-order valence-corrected chi connectivity index (χ0v) is 15.9. The van der Waals surface area contributed by atoms with Gasteiger partial charge in [-0.15, -0.1) is 0 Å². The Hall–Kier alpha value is -2.54. The number of nitrogens with one attached hydrogen (secondary N) is 1. The van der Waals surface area contributed by atoms with Crippen LogP contribution in [-0.4, -0.2) is 64.0 Å². The molecule has 1 amide bonds. The molecule has 1 N–H and O–H groups in total. The second-order valence-electron chi connectivity index (χ2n) is 7.41. The third-order valence-corrected chi connectivity index (χ3v) is 5.27. The number of hydrogen-bond donors (Lipinski definition) is 1. The number of aromatic nitrogens is 3. The highest BCUT2D eigenvalue weighted by Crippen LogP contribution is 2.22. The van der Waals surface area contributed by atoms with Gasteiger partial charge in [-0.1, -0.05) is 0 Å². The summed E-state index contributed by atoms with van der Waals surface area (Å²) in [5.74, 6) is 1.83. The number of anilines is 1. The van der Waals surface area contributed by atoms with E-state index >= 15 is 0 Å². The number of amides is 1. The number of hydrogen-bond acceptors (Lipinski definition) is 6. The van der Waals surface area contributed by atoms with Crippen LogP contribution in [0.5, 0.6) is 0 Å². The van der Waals surface area contributed by atoms with Crippen LogP contribution in [0.1, 0.15) is 25.5 Å². The molecule has 1 aliphatic heterocycles. The molecular formula is C20H26N6O. The first-order valence-electron chi connectivity index (χ1n) is 9.65. The normalized spacial score (nSPS) is 19.0. The topological polar surface area (TPSA) is 74.2 Å². The van der Waals surface area contributed by atoms with Gasteiger partial charge in [0.05, 0.1) is 6.04 Å². The third kappa shape index (κ3) is 4.24. The molecule has 0 spiro atoms. The number of nitrogens with zero attached hydrogens (tertiary/aromatic N) is 5. The molecule has 1 atom stereocenters. The molecule has 7 heteroatoms. The lowest BCUT2D eigenvalue weighted by Gasteiger charge is -2.38. The van der Waals surface area contributed by atoms with Crippen molar-refractivity contribution in [3.8, 4) is 11.4 Å². The summed E-state index contributed by atoms with van der Waals surface area (Å²) in [6, 6.07) is 6.22. The first kappa shape index (κ1) is 17.9. The molecule has 3 heterocycles. The Morgan fingerprint density at radius 2 is 1.85 bits per heavy atom. The fraction of sp³-hybridized carbons (Fsp3) is 0.500. The van der Waals surface area contributed by atoms with Gasteiger partial charge in [0.25, 0.3) is 0 Å². The molecule has 1 saturated carbocycles. The summed E-state index contributed by atoms with van der Waals surface area (Å²) in [6.45, 7) is 7.42. The van der Waals surface area contributed by atoms with E-state index in [1.165, 1.54) is 0 Å². The maximum Gasteiger partial charge on any atom is 0.237 e. The summed E-state index contributed by atoms with van der Waals surface area (Å²) >= 11 is 0. The second-order valence-corrected chi connectivity index (χ2v) is 7.41. The molecule has 1 saturated heterocycles. The van der Waals surface area contributed by atoms with Crippen molar-refractivity contribution in [2.75, 3.05) is 31.1 Å². The van der Waals surface area contributed by atoms with Crippen molar-refractivity contribution in [1.29, 1.82) is 0 Å². The van der Waals surface area contributed by atoms with E-state index in [-0.39, 0.29) is 11.9 Å². The van der Waals surface area contributed by atoms with E-state index in [0.29, 0.717) is 6.04 Å². The van der Waals surface area contributed by atoms with Crippen LogP contribution in [0.25, 0.3) is 11.4 Å². The van der Waals surface area contributed by atoms with E-state index in [9.17, 15) is 4.79 Å². The molecule has 0 radical (unpaired) electrons. The number of carbonyl (C=O) groups is 1. The number of rotatable bonds is 5. The van der Waals surface area contributed by atoms with Crippen molar-refractivity contribution in [2.24, 2.45) is 0 Å². The van der Waals surface area contributed by atoms with Crippen molar-refractivity contribution in [3.63, 3.8) is 0 Å². The van der Waals surface area contributed by atoms with Crippen LogP contribution in [0.15, 0.2) is 30.6 Å². The average Bonchev–Trinajstić information content (AvgIpc) is 3.52. The van der Waals surface area contributed by atoms with E-state index in [0.717, 1.165) is 61.9 Å². The Bertz CT molecular complexity index is 799. The Balaban J connectivity index is 1.42. The summed E-state index contributed by atoms with van der Waals surface area (Å²) in [5.41, 5.74) is 1.92. The van der Waals surface area contributed by atoms with Crippen LogP contribution in [0.2, 0.25) is 0 Å². The quantitative estimate of drug-likeness (QED) is 0.867. The lowest BCUT2D eigenvalue weighted by atomic mass is 10.2. The first-order chi connectivity index (χ1) is 13.1. The molecule has 2 aromatic rings. The van der Waals surface area contributed by atoms with Gasteiger partial charge >= 0.3 is 0 Å². The lowest BCUT2D eigenvalue weighted by molar-refractivity contribution is -0.126. The standard InChI is InChI=1S/C20H26N6O/c1-14-13-18(24-19(22-14)16-5-7-21-8-6-16)26-11-9-25(10-12-26)15(2)20(27)23-17-3-4-17/h5-8,13,15,17H,3-4,9-12H2,1-2H3,(H,23,27). The minimum absolute atomic E-state index is 0.0766. The molecule has 4 rings (SSSR count). The predicted octanol–water partition coefficient (Wildman–Crippen LogP) is 1.64. The van der Waals surface area contributed by atoms with Gasteiger partial charge in [0.1, 0.15) is 5.82 Å². The van der Waals surface area contributed by atoms with Crippen LogP contribution >= 0.6 is 0 Å². The molecule has 2 fully saturated rings. The van der Waals surface area contributed by atoms with Gasteiger partial charge in [0, 0.05) is 61.9 Å². The maximum absolute atomic E-state index is 12.3. The molecule has 2 aromatic heterocycles. The number of piperazine rings is 1. The van der Waals surface area contributed by atoms with Crippen molar-refractivity contribution >= 4 is 11.7 Å². The van der Waals surface area contributed by atoms with Crippen LogP contribution in [0.3, 0.4) is 0 Å². The number of carbonyl (C=O) groups excluding carboxylic acids is 1.